The van der Waals surface area contributed by atoms with Gasteiger partial charge in [0.25, 0.3) is 15.7 Å². The van der Waals surface area contributed by atoms with Crippen molar-refractivity contribution in [1.29, 1.82) is 0 Å². The normalized spacial score (nSPS) is 10.7. The van der Waals surface area contributed by atoms with Gasteiger partial charge in [-0.05, 0) is 72.9 Å². The van der Waals surface area contributed by atoms with E-state index in [0.717, 1.165) is 6.07 Å². The Labute approximate surface area is 193 Å². The van der Waals surface area contributed by atoms with Crippen LogP contribution in [-0.2, 0) is 10.0 Å². The van der Waals surface area contributed by atoms with Crippen LogP contribution in [0, 0.1) is 15.9 Å². The van der Waals surface area contributed by atoms with E-state index >= 15 is 0 Å². The molecule has 0 spiro atoms. The molecule has 13 heteroatoms. The van der Waals surface area contributed by atoms with Crippen LogP contribution in [0.3, 0.4) is 0 Å². The number of hydrogen-bond donors (Lipinski definition) is 4. The molecule has 0 amide bonds. The molecule has 3 aromatic rings. The van der Waals surface area contributed by atoms with Gasteiger partial charge < -0.3 is 10.1 Å². The Morgan fingerprint density at radius 3 is 2.27 bits per heavy atom. The second-order valence-corrected chi connectivity index (χ2v) is 8.57. The molecule has 0 aliphatic heterocycles. The zero-order valence-electron chi connectivity index (χ0n) is 17.0. The fourth-order valence-electron chi connectivity index (χ4n) is 2.63. The number of methoxy groups -OCH3 is 1. The number of nitrogens with one attached hydrogen (secondary N) is 4. The topological polar surface area (TPSA) is 135 Å². The van der Waals surface area contributed by atoms with Crippen LogP contribution < -0.4 is 25.6 Å². The highest BCUT2D eigenvalue weighted by Crippen LogP contribution is 2.28. The average molecular weight is 492 g/mol. The quantitative estimate of drug-likeness (QED) is 0.210. The van der Waals surface area contributed by atoms with E-state index in [-0.39, 0.29) is 21.4 Å². The monoisotopic (exact) mass is 491 g/mol. The second-order valence-electron chi connectivity index (χ2n) is 6.48. The van der Waals surface area contributed by atoms with Gasteiger partial charge >= 0.3 is 0 Å². The molecule has 172 valence electrons. The van der Waals surface area contributed by atoms with Crippen molar-refractivity contribution in [2.75, 3.05) is 22.6 Å². The molecule has 4 N–H and O–H groups in total. The van der Waals surface area contributed by atoms with Crippen molar-refractivity contribution < 1.29 is 22.5 Å². The molecule has 0 aliphatic carbocycles. The van der Waals surface area contributed by atoms with E-state index in [0.29, 0.717) is 11.4 Å². The Balaban J connectivity index is 1.73. The number of nitro groups is 1. The summed E-state index contributed by atoms with van der Waals surface area (Å²) in [5, 5.41) is 14.3. The summed E-state index contributed by atoms with van der Waals surface area (Å²) < 4.78 is 45.7. The van der Waals surface area contributed by atoms with Crippen molar-refractivity contribution in [2.24, 2.45) is 0 Å². The van der Waals surface area contributed by atoms with Gasteiger partial charge in [-0.25, -0.2) is 12.8 Å². The van der Waals surface area contributed by atoms with E-state index < -0.39 is 26.5 Å². The summed E-state index contributed by atoms with van der Waals surface area (Å²) in [6.45, 7) is 0. The van der Waals surface area contributed by atoms with Crippen molar-refractivity contribution in [3.63, 3.8) is 0 Å². The van der Waals surface area contributed by atoms with Crippen LogP contribution >= 0.6 is 12.2 Å². The Morgan fingerprint density at radius 1 is 1.03 bits per heavy atom. The molecule has 0 radical (unpaired) electrons. The number of rotatable bonds is 8. The molecular weight excluding hydrogens is 473 g/mol. The lowest BCUT2D eigenvalue weighted by molar-refractivity contribution is -0.384. The molecule has 0 aliphatic rings. The molecule has 0 aromatic heterocycles. The first-order valence-corrected chi connectivity index (χ1v) is 11.1. The number of thiocarbonyl (C=S) groups is 1. The second kappa shape index (κ2) is 10.1. The number of ether oxygens (including phenoxy) is 1. The maximum atomic E-state index is 13.0. The first kappa shape index (κ1) is 23.7. The van der Waals surface area contributed by atoms with Crippen molar-refractivity contribution in [3.05, 3.63) is 82.7 Å². The van der Waals surface area contributed by atoms with Crippen LogP contribution in [-0.4, -0.2) is 25.6 Å². The number of sulfonamides is 1. The predicted molar refractivity (Wildman–Crippen MR) is 126 cm³/mol. The summed E-state index contributed by atoms with van der Waals surface area (Å²) in [7, 11) is -2.61. The maximum Gasteiger partial charge on any atom is 0.295 e. The SMILES string of the molecule is COc1ccc(NS(=O)(=O)c2ccc(NNC(=S)Nc3ccc(F)cc3)c([N+](=O)[O-])c2)cc1. The zero-order chi connectivity index (χ0) is 24.0. The van der Waals surface area contributed by atoms with Gasteiger partial charge in [0, 0.05) is 17.4 Å². The highest BCUT2D eigenvalue weighted by Gasteiger charge is 2.22. The average Bonchev–Trinajstić information content (AvgIpc) is 2.79. The summed E-state index contributed by atoms with van der Waals surface area (Å²) in [6, 6.07) is 14.9. The molecular formula is C20H18FN5O5S2. The minimum Gasteiger partial charge on any atom is -0.497 e. The van der Waals surface area contributed by atoms with Gasteiger partial charge in [-0.15, -0.1) is 0 Å². The molecule has 0 atom stereocenters. The number of hydrazine groups is 1. The molecule has 0 saturated heterocycles. The van der Waals surface area contributed by atoms with Crippen LogP contribution in [0.4, 0.5) is 27.1 Å². The van der Waals surface area contributed by atoms with Gasteiger partial charge in [-0.3, -0.25) is 25.7 Å². The van der Waals surface area contributed by atoms with Crippen molar-refractivity contribution in [1.82, 2.24) is 5.43 Å². The highest BCUT2D eigenvalue weighted by atomic mass is 32.2. The number of anilines is 3. The fraction of sp³-hybridized carbons (Fsp3) is 0.0500. The van der Waals surface area contributed by atoms with E-state index in [9.17, 15) is 22.9 Å². The van der Waals surface area contributed by atoms with Gasteiger partial charge in [0.05, 0.1) is 16.9 Å². The third kappa shape index (κ3) is 6.27. The molecule has 0 unspecified atom stereocenters. The van der Waals surface area contributed by atoms with E-state index in [4.69, 9.17) is 17.0 Å². The summed E-state index contributed by atoms with van der Waals surface area (Å²) in [5.41, 5.74) is 5.37. The van der Waals surface area contributed by atoms with Crippen LogP contribution in [0.2, 0.25) is 0 Å². The van der Waals surface area contributed by atoms with Crippen molar-refractivity contribution >= 4 is 50.1 Å². The molecule has 3 aromatic carbocycles. The fourth-order valence-corrected chi connectivity index (χ4v) is 3.88. The minimum absolute atomic E-state index is 0.0216. The van der Waals surface area contributed by atoms with E-state index in [2.05, 4.69) is 20.9 Å². The molecule has 0 heterocycles. The van der Waals surface area contributed by atoms with Gasteiger partial charge in [0.15, 0.2) is 5.11 Å². The van der Waals surface area contributed by atoms with Crippen LogP contribution in [0.1, 0.15) is 0 Å². The van der Waals surface area contributed by atoms with Gasteiger partial charge in [0.2, 0.25) is 0 Å². The van der Waals surface area contributed by atoms with Crippen LogP contribution in [0.15, 0.2) is 71.6 Å². The number of nitrogens with zero attached hydrogens (tertiary/aromatic N) is 1. The molecule has 0 bridgehead atoms. The van der Waals surface area contributed by atoms with Gasteiger partial charge in [-0.2, -0.15) is 0 Å². The van der Waals surface area contributed by atoms with Crippen molar-refractivity contribution in [3.8, 4) is 5.75 Å². The first-order chi connectivity index (χ1) is 15.7. The predicted octanol–water partition coefficient (Wildman–Crippen LogP) is 3.86. The molecule has 0 saturated carbocycles. The number of halogens is 1. The summed E-state index contributed by atoms with van der Waals surface area (Å²) >= 11 is 5.09. The van der Waals surface area contributed by atoms with Gasteiger partial charge in [-0.1, -0.05) is 0 Å². The molecule has 0 fully saturated rings. The lowest BCUT2D eigenvalue weighted by atomic mass is 10.3. The largest absolute Gasteiger partial charge is 0.497 e. The maximum absolute atomic E-state index is 13.0. The highest BCUT2D eigenvalue weighted by molar-refractivity contribution is 7.92. The standard InChI is InChI=1S/C20H18FN5O5S2/c1-31-16-8-6-15(7-9-16)25-33(29,30)17-10-11-18(19(12-17)26(27)28)23-24-20(32)22-14-4-2-13(21)3-5-14/h2-12,23,25H,1H3,(H2,22,24,32). The van der Waals surface area contributed by atoms with E-state index in [1.807, 2.05) is 0 Å². The van der Waals surface area contributed by atoms with Crippen LogP contribution in [0.5, 0.6) is 5.75 Å². The Kier molecular flexibility index (Phi) is 7.25. The third-order valence-electron chi connectivity index (χ3n) is 4.23. The van der Waals surface area contributed by atoms with Crippen molar-refractivity contribution in [2.45, 2.75) is 4.90 Å². The third-order valence-corrected chi connectivity index (χ3v) is 5.81. The molecule has 3 rings (SSSR count). The first-order valence-electron chi connectivity index (χ1n) is 9.22. The lowest BCUT2D eigenvalue weighted by Crippen LogP contribution is -2.33. The molecule has 33 heavy (non-hydrogen) atoms. The smallest absolute Gasteiger partial charge is 0.295 e. The summed E-state index contributed by atoms with van der Waals surface area (Å²) in [6.07, 6.45) is 0. The molecule has 10 nitrogen and oxygen atoms in total. The summed E-state index contributed by atoms with van der Waals surface area (Å²) in [5.74, 6) is 0.132. The Bertz CT molecular complexity index is 1270. The Hall–Kier alpha value is -3.97. The van der Waals surface area contributed by atoms with E-state index in [1.165, 1.54) is 55.6 Å². The zero-order valence-corrected chi connectivity index (χ0v) is 18.7. The van der Waals surface area contributed by atoms with Crippen LogP contribution in [0.25, 0.3) is 0 Å². The Morgan fingerprint density at radius 2 is 1.67 bits per heavy atom. The lowest BCUT2D eigenvalue weighted by Gasteiger charge is -2.14. The van der Waals surface area contributed by atoms with E-state index in [1.54, 1.807) is 12.1 Å². The number of benzene rings is 3. The van der Waals surface area contributed by atoms with Gasteiger partial charge in [0.1, 0.15) is 17.3 Å². The minimum atomic E-state index is -4.09. The number of nitro benzene ring substituents is 1. The summed E-state index contributed by atoms with van der Waals surface area (Å²) in [4.78, 5) is 10.5. The number of hydrogen-bond acceptors (Lipinski definition) is 7.